The van der Waals surface area contributed by atoms with Gasteiger partial charge < -0.3 is 15.0 Å². The Kier molecular flexibility index (Phi) is 6.11. The van der Waals surface area contributed by atoms with Crippen molar-refractivity contribution in [3.63, 3.8) is 0 Å². The van der Waals surface area contributed by atoms with Gasteiger partial charge in [0.05, 0.1) is 0 Å². The van der Waals surface area contributed by atoms with Crippen molar-refractivity contribution in [2.24, 2.45) is 0 Å². The number of likely N-dealkylation sites (tertiary alicyclic amines) is 1. The highest BCUT2D eigenvalue weighted by atomic mass is 16.5. The second kappa shape index (κ2) is 8.33. The quantitative estimate of drug-likeness (QED) is 0.614. The molecule has 0 atom stereocenters. The van der Waals surface area contributed by atoms with Gasteiger partial charge in [-0.1, -0.05) is 24.1 Å². The van der Waals surface area contributed by atoms with E-state index in [1.807, 2.05) is 29.2 Å². The highest BCUT2D eigenvalue weighted by molar-refractivity contribution is 5.76. The van der Waals surface area contributed by atoms with Crippen molar-refractivity contribution in [2.75, 3.05) is 26.2 Å². The standard InChI is InChI=1S/C17H22N2O2/c1-2-13-21-16-8-4-3-7-15(16)14-18-10-9-17(20)19-11-5-6-12-19/h1,3-4,7-8,18H,5-6,9-14H2. The van der Waals surface area contributed by atoms with Gasteiger partial charge in [-0.15, -0.1) is 6.42 Å². The molecule has 1 aromatic carbocycles. The summed E-state index contributed by atoms with van der Waals surface area (Å²) in [6, 6.07) is 7.80. The maximum Gasteiger partial charge on any atom is 0.223 e. The molecule has 1 saturated heterocycles. The normalized spacial score (nSPS) is 14.0. The Morgan fingerprint density at radius 3 is 2.86 bits per heavy atom. The molecule has 0 radical (unpaired) electrons. The van der Waals surface area contributed by atoms with Gasteiger partial charge in [-0.25, -0.2) is 0 Å². The number of hydrogen-bond acceptors (Lipinski definition) is 3. The molecule has 4 heteroatoms. The van der Waals surface area contributed by atoms with Crippen LogP contribution in [0.1, 0.15) is 24.8 Å². The number of terminal acetylenes is 1. The average molecular weight is 286 g/mol. The molecule has 0 aromatic heterocycles. The van der Waals surface area contributed by atoms with E-state index < -0.39 is 0 Å². The van der Waals surface area contributed by atoms with Crippen molar-refractivity contribution < 1.29 is 9.53 Å². The van der Waals surface area contributed by atoms with Gasteiger partial charge in [0.15, 0.2) is 0 Å². The smallest absolute Gasteiger partial charge is 0.223 e. The molecule has 1 aromatic rings. The number of carbonyl (C=O) groups excluding carboxylic acids is 1. The zero-order chi connectivity index (χ0) is 14.9. The fraction of sp³-hybridized carbons (Fsp3) is 0.471. The van der Waals surface area contributed by atoms with Crippen LogP contribution in [0.15, 0.2) is 24.3 Å². The summed E-state index contributed by atoms with van der Waals surface area (Å²) in [7, 11) is 0. The number of amides is 1. The first-order valence-electron chi connectivity index (χ1n) is 7.44. The third-order valence-corrected chi connectivity index (χ3v) is 3.57. The number of benzene rings is 1. The van der Waals surface area contributed by atoms with Crippen LogP contribution in [0.3, 0.4) is 0 Å². The molecule has 4 nitrogen and oxygen atoms in total. The van der Waals surface area contributed by atoms with Gasteiger partial charge in [0.2, 0.25) is 5.91 Å². The molecule has 2 rings (SSSR count). The fourth-order valence-electron chi connectivity index (χ4n) is 2.45. The van der Waals surface area contributed by atoms with E-state index in [4.69, 9.17) is 11.2 Å². The van der Waals surface area contributed by atoms with Crippen LogP contribution in [-0.2, 0) is 11.3 Å². The van der Waals surface area contributed by atoms with Crippen molar-refractivity contribution in [3.05, 3.63) is 29.8 Å². The van der Waals surface area contributed by atoms with Gasteiger partial charge in [0.1, 0.15) is 12.4 Å². The number of nitrogens with one attached hydrogen (secondary N) is 1. The summed E-state index contributed by atoms with van der Waals surface area (Å²) in [5, 5.41) is 3.29. The summed E-state index contributed by atoms with van der Waals surface area (Å²) >= 11 is 0. The van der Waals surface area contributed by atoms with Gasteiger partial charge in [0.25, 0.3) is 0 Å². The number of para-hydroxylation sites is 1. The minimum absolute atomic E-state index is 0.247. The third-order valence-electron chi connectivity index (χ3n) is 3.57. The molecule has 0 aliphatic carbocycles. The van der Waals surface area contributed by atoms with Gasteiger partial charge in [-0.3, -0.25) is 4.79 Å². The lowest BCUT2D eigenvalue weighted by molar-refractivity contribution is -0.130. The van der Waals surface area contributed by atoms with Crippen LogP contribution in [0.25, 0.3) is 0 Å². The maximum atomic E-state index is 11.9. The molecule has 0 saturated carbocycles. The van der Waals surface area contributed by atoms with Gasteiger partial charge in [0, 0.05) is 38.2 Å². The molecule has 0 spiro atoms. The Balaban J connectivity index is 1.73. The summed E-state index contributed by atoms with van der Waals surface area (Å²) in [5.41, 5.74) is 1.06. The van der Waals surface area contributed by atoms with Crippen LogP contribution in [0.2, 0.25) is 0 Å². The van der Waals surface area contributed by atoms with E-state index in [0.29, 0.717) is 19.5 Å². The molecule has 112 valence electrons. The van der Waals surface area contributed by atoms with Crippen LogP contribution in [-0.4, -0.2) is 37.0 Å². The highest BCUT2D eigenvalue weighted by Gasteiger charge is 2.16. The Hall–Kier alpha value is -1.99. The van der Waals surface area contributed by atoms with Crippen LogP contribution in [0.5, 0.6) is 5.75 Å². The van der Waals surface area contributed by atoms with Crippen molar-refractivity contribution in [3.8, 4) is 18.1 Å². The topological polar surface area (TPSA) is 41.6 Å². The second-order valence-electron chi connectivity index (χ2n) is 5.12. The second-order valence-corrected chi connectivity index (χ2v) is 5.12. The zero-order valence-electron chi connectivity index (χ0n) is 12.3. The van der Waals surface area contributed by atoms with Crippen LogP contribution < -0.4 is 10.1 Å². The van der Waals surface area contributed by atoms with E-state index in [0.717, 1.165) is 37.2 Å². The molecule has 1 amide bonds. The lowest BCUT2D eigenvalue weighted by Gasteiger charge is -2.15. The summed E-state index contributed by atoms with van der Waals surface area (Å²) in [4.78, 5) is 13.9. The fourth-order valence-corrected chi connectivity index (χ4v) is 2.45. The predicted octanol–water partition coefficient (Wildman–Crippen LogP) is 1.80. The Morgan fingerprint density at radius 2 is 2.10 bits per heavy atom. The van der Waals surface area contributed by atoms with Gasteiger partial charge >= 0.3 is 0 Å². The minimum Gasteiger partial charge on any atom is -0.481 e. The number of nitrogens with zero attached hydrogens (tertiary/aromatic N) is 1. The first-order valence-corrected chi connectivity index (χ1v) is 7.44. The summed E-state index contributed by atoms with van der Waals surface area (Å²) < 4.78 is 5.49. The van der Waals surface area contributed by atoms with Crippen LogP contribution in [0, 0.1) is 12.3 Å². The van der Waals surface area contributed by atoms with Crippen LogP contribution in [0.4, 0.5) is 0 Å². The minimum atomic E-state index is 0.247. The lowest BCUT2D eigenvalue weighted by atomic mass is 10.2. The summed E-state index contributed by atoms with van der Waals surface area (Å²) in [6.45, 7) is 3.46. The van der Waals surface area contributed by atoms with Crippen molar-refractivity contribution in [1.29, 1.82) is 0 Å². The van der Waals surface area contributed by atoms with Gasteiger partial charge in [-0.2, -0.15) is 0 Å². The largest absolute Gasteiger partial charge is 0.481 e. The molecule has 1 N–H and O–H groups in total. The van der Waals surface area contributed by atoms with E-state index in [-0.39, 0.29) is 12.5 Å². The Morgan fingerprint density at radius 1 is 1.33 bits per heavy atom. The third kappa shape index (κ3) is 4.80. The van der Waals surface area contributed by atoms with Crippen molar-refractivity contribution in [2.45, 2.75) is 25.8 Å². The molecular weight excluding hydrogens is 264 g/mol. The molecule has 0 bridgehead atoms. The Labute approximate surface area is 126 Å². The highest BCUT2D eigenvalue weighted by Crippen LogP contribution is 2.17. The van der Waals surface area contributed by atoms with Crippen molar-refractivity contribution in [1.82, 2.24) is 10.2 Å². The molecule has 0 unspecified atom stereocenters. The first-order chi connectivity index (χ1) is 10.3. The van der Waals surface area contributed by atoms with E-state index >= 15 is 0 Å². The number of carbonyl (C=O) groups is 1. The predicted molar refractivity (Wildman–Crippen MR) is 82.9 cm³/mol. The van der Waals surface area contributed by atoms with Crippen LogP contribution >= 0.6 is 0 Å². The maximum absolute atomic E-state index is 11.9. The number of rotatable bonds is 7. The first kappa shape index (κ1) is 15.4. The molecule has 1 aliphatic rings. The average Bonchev–Trinajstić information content (AvgIpc) is 3.04. The summed E-state index contributed by atoms with van der Waals surface area (Å²) in [6.07, 6.45) is 8.03. The van der Waals surface area contributed by atoms with E-state index in [1.165, 1.54) is 0 Å². The Bertz CT molecular complexity index is 502. The van der Waals surface area contributed by atoms with Crippen molar-refractivity contribution >= 4 is 5.91 Å². The molecule has 1 heterocycles. The molecular formula is C17H22N2O2. The monoisotopic (exact) mass is 286 g/mol. The lowest BCUT2D eigenvalue weighted by Crippen LogP contribution is -2.30. The molecule has 1 fully saturated rings. The number of hydrogen-bond donors (Lipinski definition) is 1. The zero-order valence-corrected chi connectivity index (χ0v) is 12.3. The SMILES string of the molecule is C#CCOc1ccccc1CNCCC(=O)N1CCCC1. The number of ether oxygens (including phenoxy) is 1. The summed E-state index contributed by atoms with van der Waals surface area (Å²) in [5.74, 6) is 3.51. The van der Waals surface area contributed by atoms with E-state index in [1.54, 1.807) is 0 Å². The molecule has 21 heavy (non-hydrogen) atoms. The molecule has 1 aliphatic heterocycles. The van der Waals surface area contributed by atoms with E-state index in [9.17, 15) is 4.79 Å². The van der Waals surface area contributed by atoms with E-state index in [2.05, 4.69) is 11.2 Å². The van der Waals surface area contributed by atoms with Gasteiger partial charge in [-0.05, 0) is 18.9 Å².